The Bertz CT molecular complexity index is 1200. The lowest BCUT2D eigenvalue weighted by atomic mass is 10.2. The number of nitrogens with zero attached hydrogens (tertiary/aromatic N) is 2. The highest BCUT2D eigenvalue weighted by atomic mass is 35.5. The molecule has 164 valence electrons. The number of benzene rings is 1. The van der Waals surface area contributed by atoms with Crippen molar-refractivity contribution in [2.75, 3.05) is 24.4 Å². The quantitative estimate of drug-likeness (QED) is 0.473. The smallest absolute Gasteiger partial charge is 0.330 e. The van der Waals surface area contributed by atoms with E-state index < -0.39 is 17.2 Å². The molecule has 3 N–H and O–H groups in total. The van der Waals surface area contributed by atoms with Gasteiger partial charge >= 0.3 is 5.69 Å². The number of hydrogen-bond donors (Lipinski definition) is 3. The molecule has 2 aromatic heterocycles. The van der Waals surface area contributed by atoms with E-state index in [9.17, 15) is 14.4 Å². The molecule has 0 atom stereocenters. The van der Waals surface area contributed by atoms with E-state index in [-0.39, 0.29) is 40.5 Å². The number of anilines is 2. The number of H-pyrrole nitrogens is 1. The molecule has 0 fully saturated rings. The zero-order valence-electron chi connectivity index (χ0n) is 16.9. The second-order valence-corrected chi connectivity index (χ2v) is 7.41. The Morgan fingerprint density at radius 3 is 2.52 bits per heavy atom. The van der Waals surface area contributed by atoms with Crippen molar-refractivity contribution in [1.82, 2.24) is 14.1 Å². The Balaban J connectivity index is 2.03. The predicted octanol–water partition coefficient (Wildman–Crippen LogP) is 2.69. The number of nitrogens with one attached hydrogen (secondary N) is 3. The molecule has 9 nitrogen and oxygen atoms in total. The van der Waals surface area contributed by atoms with Gasteiger partial charge in [0, 0.05) is 20.7 Å². The first-order chi connectivity index (χ1) is 14.8. The molecule has 0 aliphatic rings. The van der Waals surface area contributed by atoms with Crippen LogP contribution in [0.2, 0.25) is 10.2 Å². The average molecular weight is 466 g/mol. The molecule has 0 aliphatic carbocycles. The number of carbonyl (C=O) groups is 1. The van der Waals surface area contributed by atoms with Crippen LogP contribution in [-0.4, -0.2) is 33.7 Å². The van der Waals surface area contributed by atoms with Crippen molar-refractivity contribution < 1.29 is 9.53 Å². The van der Waals surface area contributed by atoms with Crippen LogP contribution >= 0.6 is 23.2 Å². The molecular formula is C20H21Cl2N5O4. The van der Waals surface area contributed by atoms with E-state index in [2.05, 4.69) is 15.6 Å². The van der Waals surface area contributed by atoms with Crippen LogP contribution in [0.5, 0.6) is 0 Å². The van der Waals surface area contributed by atoms with Crippen molar-refractivity contribution in [2.24, 2.45) is 7.05 Å². The number of halogens is 2. The van der Waals surface area contributed by atoms with E-state index in [1.165, 1.54) is 22.3 Å². The normalized spacial score (nSPS) is 10.8. The van der Waals surface area contributed by atoms with Gasteiger partial charge in [0.25, 0.3) is 11.5 Å². The van der Waals surface area contributed by atoms with Crippen molar-refractivity contribution >= 4 is 40.6 Å². The topological polar surface area (TPSA) is 110 Å². The van der Waals surface area contributed by atoms with E-state index in [1.54, 1.807) is 7.05 Å². The van der Waals surface area contributed by atoms with Gasteiger partial charge in [-0.3, -0.25) is 19.1 Å². The Hall–Kier alpha value is -3.01. The van der Waals surface area contributed by atoms with Crippen LogP contribution in [0.1, 0.15) is 16.1 Å². The van der Waals surface area contributed by atoms with Crippen LogP contribution in [0.25, 0.3) is 0 Å². The lowest BCUT2D eigenvalue weighted by Crippen LogP contribution is -2.36. The lowest BCUT2D eigenvalue weighted by Gasteiger charge is -2.18. The summed E-state index contributed by atoms with van der Waals surface area (Å²) in [5, 5.41) is 6.06. The molecule has 1 amide bonds. The molecule has 1 aromatic carbocycles. The zero-order chi connectivity index (χ0) is 22.5. The van der Waals surface area contributed by atoms with Crippen molar-refractivity contribution in [2.45, 2.75) is 13.1 Å². The second-order valence-electron chi connectivity index (χ2n) is 6.65. The summed E-state index contributed by atoms with van der Waals surface area (Å²) >= 11 is 12.1. The fraction of sp³-hybridized carbons (Fsp3) is 0.250. The number of carbonyl (C=O) groups excluding carboxylic acids is 1. The molecule has 11 heteroatoms. The van der Waals surface area contributed by atoms with Gasteiger partial charge in [0.15, 0.2) is 0 Å². The number of methoxy groups -OCH3 is 1. The number of aromatic nitrogens is 3. The summed E-state index contributed by atoms with van der Waals surface area (Å²) in [6.45, 7) is 0.599. The van der Waals surface area contributed by atoms with Crippen molar-refractivity contribution in [1.29, 1.82) is 0 Å². The average Bonchev–Trinajstić information content (AvgIpc) is 3.01. The first-order valence-corrected chi connectivity index (χ1v) is 10.0. The molecule has 0 spiro atoms. The van der Waals surface area contributed by atoms with Gasteiger partial charge in [-0.1, -0.05) is 53.5 Å². The first kappa shape index (κ1) is 22.7. The molecule has 3 aromatic rings. The molecule has 0 saturated carbocycles. The zero-order valence-corrected chi connectivity index (χ0v) is 18.4. The van der Waals surface area contributed by atoms with Crippen molar-refractivity contribution in [3.05, 3.63) is 78.7 Å². The highest BCUT2D eigenvalue weighted by Crippen LogP contribution is 2.26. The highest BCUT2D eigenvalue weighted by molar-refractivity contribution is 6.42. The van der Waals surface area contributed by atoms with Gasteiger partial charge in [0.2, 0.25) is 0 Å². The van der Waals surface area contributed by atoms with Crippen molar-refractivity contribution in [3.8, 4) is 0 Å². The third kappa shape index (κ3) is 5.01. The summed E-state index contributed by atoms with van der Waals surface area (Å²) in [6, 6.07) is 10.8. The number of hydrogen-bond acceptors (Lipinski definition) is 5. The van der Waals surface area contributed by atoms with Gasteiger partial charge in [0.1, 0.15) is 22.4 Å². The molecular weight excluding hydrogens is 445 g/mol. The fourth-order valence-corrected chi connectivity index (χ4v) is 3.35. The van der Waals surface area contributed by atoms with E-state index in [0.29, 0.717) is 6.54 Å². The minimum absolute atomic E-state index is 0.0141. The van der Waals surface area contributed by atoms with E-state index in [0.717, 1.165) is 5.56 Å². The van der Waals surface area contributed by atoms with Gasteiger partial charge in [-0.05, 0) is 11.6 Å². The maximum atomic E-state index is 12.9. The van der Waals surface area contributed by atoms with Crippen LogP contribution in [0, 0.1) is 0 Å². The number of amides is 1. The fourth-order valence-electron chi connectivity index (χ4n) is 2.98. The minimum Gasteiger partial charge on any atom is -0.383 e. The van der Waals surface area contributed by atoms with Crippen LogP contribution in [0.15, 0.2) is 46.0 Å². The van der Waals surface area contributed by atoms with Gasteiger partial charge < -0.3 is 19.9 Å². The minimum atomic E-state index is -0.675. The second kappa shape index (κ2) is 9.86. The molecule has 0 bridgehead atoms. The molecule has 0 unspecified atom stereocenters. The standard InChI is InChI=1S/C20H21Cl2N5O4/c1-26-14(10-13(21)16(26)22)18(28)24-17-15(23-11-12-6-4-3-5-7-12)19(29)25-20(30)27(17)8-9-31-2/h3-7,10,23H,8-9,11H2,1-2H3,(H,24,28)(H,25,29,30). The third-order valence-electron chi connectivity index (χ3n) is 4.61. The highest BCUT2D eigenvalue weighted by Gasteiger charge is 2.21. The Kier molecular flexibility index (Phi) is 7.21. The summed E-state index contributed by atoms with van der Waals surface area (Å²) < 4.78 is 7.69. The summed E-state index contributed by atoms with van der Waals surface area (Å²) in [5.41, 5.74) is -0.220. The monoisotopic (exact) mass is 465 g/mol. The van der Waals surface area contributed by atoms with Crippen LogP contribution in [0.4, 0.5) is 11.5 Å². The van der Waals surface area contributed by atoms with E-state index >= 15 is 0 Å². The molecule has 0 aliphatic heterocycles. The van der Waals surface area contributed by atoms with E-state index in [1.807, 2.05) is 30.3 Å². The Morgan fingerprint density at radius 2 is 1.90 bits per heavy atom. The number of aromatic amines is 1. The van der Waals surface area contributed by atoms with Gasteiger partial charge in [-0.2, -0.15) is 0 Å². The maximum absolute atomic E-state index is 12.9. The van der Waals surface area contributed by atoms with Crippen LogP contribution < -0.4 is 21.9 Å². The summed E-state index contributed by atoms with van der Waals surface area (Å²) in [6.07, 6.45) is 0. The third-order valence-corrected chi connectivity index (χ3v) is 5.45. The first-order valence-electron chi connectivity index (χ1n) is 9.29. The predicted molar refractivity (Wildman–Crippen MR) is 120 cm³/mol. The van der Waals surface area contributed by atoms with Gasteiger partial charge in [-0.25, -0.2) is 4.79 Å². The van der Waals surface area contributed by atoms with Crippen molar-refractivity contribution in [3.63, 3.8) is 0 Å². The SMILES string of the molecule is COCCn1c(NC(=O)c2cc(Cl)c(Cl)n2C)c(NCc2ccccc2)c(=O)[nH]c1=O. The summed E-state index contributed by atoms with van der Waals surface area (Å²) in [7, 11) is 3.06. The van der Waals surface area contributed by atoms with Gasteiger partial charge in [0.05, 0.1) is 18.2 Å². The van der Waals surface area contributed by atoms with E-state index in [4.69, 9.17) is 27.9 Å². The molecule has 0 radical (unpaired) electrons. The molecule has 2 heterocycles. The molecule has 0 saturated heterocycles. The summed E-state index contributed by atoms with van der Waals surface area (Å²) in [5.74, 6) is -0.574. The Labute approximate surface area is 187 Å². The number of ether oxygens (including phenoxy) is 1. The molecule has 3 rings (SSSR count). The van der Waals surface area contributed by atoms with Gasteiger partial charge in [-0.15, -0.1) is 0 Å². The largest absolute Gasteiger partial charge is 0.383 e. The number of rotatable bonds is 8. The molecule has 31 heavy (non-hydrogen) atoms. The van der Waals surface area contributed by atoms with Crippen LogP contribution in [0.3, 0.4) is 0 Å². The Morgan fingerprint density at radius 1 is 1.19 bits per heavy atom. The van der Waals surface area contributed by atoms with Crippen LogP contribution in [-0.2, 0) is 24.9 Å². The summed E-state index contributed by atoms with van der Waals surface area (Å²) in [4.78, 5) is 40.3. The maximum Gasteiger partial charge on any atom is 0.330 e. The lowest BCUT2D eigenvalue weighted by molar-refractivity contribution is 0.101.